The van der Waals surface area contributed by atoms with E-state index in [1.807, 2.05) is 0 Å². The molecule has 0 fully saturated rings. The first-order chi connectivity index (χ1) is 6.04. The van der Waals surface area contributed by atoms with Gasteiger partial charge in [0, 0.05) is 0 Å². The average Bonchev–Trinajstić information content (AvgIpc) is 2.47. The van der Waals surface area contributed by atoms with Crippen LogP contribution < -0.4 is 5.43 Å². The Kier molecular flexibility index (Phi) is 4.54. The minimum atomic E-state index is -0.471. The summed E-state index contributed by atoms with van der Waals surface area (Å²) < 4.78 is -0.471. The average molecular weight is 379 g/mol. The molecule has 0 radical (unpaired) electrons. The van der Waals surface area contributed by atoms with E-state index < -0.39 is 2.14 Å². The SMILES string of the molecule is CCCCN1NC=C(C(Br)(Br)Br)O1. The maximum Gasteiger partial charge on any atom is 0.195 e. The number of unbranched alkanes of at least 4 members (excludes halogenated alkanes) is 1. The van der Waals surface area contributed by atoms with Crippen molar-refractivity contribution in [2.45, 2.75) is 21.9 Å². The Balaban J connectivity index is 2.34. The molecule has 0 unspecified atom stereocenters. The second-order valence-electron chi connectivity index (χ2n) is 2.68. The molecule has 0 aromatic rings. The van der Waals surface area contributed by atoms with E-state index >= 15 is 0 Å². The van der Waals surface area contributed by atoms with Crippen molar-refractivity contribution in [3.8, 4) is 0 Å². The molecule has 1 aliphatic rings. The van der Waals surface area contributed by atoms with Gasteiger partial charge in [-0.2, -0.15) is 0 Å². The molecule has 1 N–H and O–H groups in total. The first-order valence-electron chi connectivity index (χ1n) is 4.03. The van der Waals surface area contributed by atoms with Crippen LogP contribution in [0.15, 0.2) is 12.0 Å². The van der Waals surface area contributed by atoms with Crippen molar-refractivity contribution >= 4 is 47.8 Å². The van der Waals surface area contributed by atoms with Crippen LogP contribution in [0.4, 0.5) is 0 Å². The lowest BCUT2D eigenvalue weighted by Gasteiger charge is -2.18. The third-order valence-corrected chi connectivity index (χ3v) is 2.71. The maximum absolute atomic E-state index is 5.47. The number of alkyl halides is 3. The highest BCUT2D eigenvalue weighted by atomic mass is 80.0. The monoisotopic (exact) mass is 376 g/mol. The highest BCUT2D eigenvalue weighted by Crippen LogP contribution is 2.42. The summed E-state index contributed by atoms with van der Waals surface area (Å²) in [7, 11) is 0. The van der Waals surface area contributed by atoms with Crippen LogP contribution in [0.2, 0.25) is 0 Å². The molecular formula is C7H11Br3N2O. The van der Waals surface area contributed by atoms with Crippen molar-refractivity contribution in [3.05, 3.63) is 12.0 Å². The van der Waals surface area contributed by atoms with E-state index in [0.717, 1.165) is 25.1 Å². The molecule has 6 heteroatoms. The first kappa shape index (κ1) is 11.8. The van der Waals surface area contributed by atoms with Crippen LogP contribution in [0.5, 0.6) is 0 Å². The molecule has 0 bridgehead atoms. The van der Waals surface area contributed by atoms with E-state index in [4.69, 9.17) is 4.84 Å². The van der Waals surface area contributed by atoms with Crippen molar-refractivity contribution in [1.29, 1.82) is 0 Å². The van der Waals surface area contributed by atoms with Crippen molar-refractivity contribution in [1.82, 2.24) is 10.6 Å². The molecule has 0 aromatic heterocycles. The van der Waals surface area contributed by atoms with Gasteiger partial charge in [0.2, 0.25) is 0 Å². The number of hydrogen-bond acceptors (Lipinski definition) is 3. The van der Waals surface area contributed by atoms with Gasteiger partial charge in [-0.25, -0.2) is 0 Å². The Morgan fingerprint density at radius 1 is 1.54 bits per heavy atom. The summed E-state index contributed by atoms with van der Waals surface area (Å²) in [5, 5.41) is 1.71. The summed E-state index contributed by atoms with van der Waals surface area (Å²) in [6, 6.07) is 0. The van der Waals surface area contributed by atoms with Crippen LogP contribution in [0.3, 0.4) is 0 Å². The molecule has 3 nitrogen and oxygen atoms in total. The zero-order valence-electron chi connectivity index (χ0n) is 7.19. The maximum atomic E-state index is 5.47. The minimum absolute atomic E-state index is 0.471. The predicted molar refractivity (Wildman–Crippen MR) is 63.4 cm³/mol. The molecule has 1 rings (SSSR count). The zero-order chi connectivity index (χ0) is 9.90. The lowest BCUT2D eigenvalue weighted by molar-refractivity contribution is -0.126. The van der Waals surface area contributed by atoms with E-state index in [2.05, 4.69) is 60.1 Å². The Labute approximate surface area is 103 Å². The van der Waals surface area contributed by atoms with Crippen LogP contribution in [0.25, 0.3) is 0 Å². The van der Waals surface area contributed by atoms with Crippen LogP contribution in [0, 0.1) is 0 Å². The number of hydroxylamine groups is 1. The van der Waals surface area contributed by atoms with Gasteiger partial charge in [-0.3, -0.25) is 5.43 Å². The quantitative estimate of drug-likeness (QED) is 0.763. The number of allylic oxidation sites excluding steroid dienone is 1. The molecule has 0 saturated heterocycles. The van der Waals surface area contributed by atoms with Gasteiger partial charge in [0.1, 0.15) is 0 Å². The molecule has 1 aliphatic heterocycles. The van der Waals surface area contributed by atoms with E-state index in [1.165, 1.54) is 0 Å². The molecule has 13 heavy (non-hydrogen) atoms. The normalized spacial score (nSPS) is 18.0. The fourth-order valence-corrected chi connectivity index (χ4v) is 1.41. The van der Waals surface area contributed by atoms with Crippen LogP contribution in [-0.4, -0.2) is 13.9 Å². The molecule has 0 spiro atoms. The van der Waals surface area contributed by atoms with Crippen molar-refractivity contribution in [2.24, 2.45) is 0 Å². The van der Waals surface area contributed by atoms with Gasteiger partial charge < -0.3 is 4.84 Å². The highest BCUT2D eigenvalue weighted by Gasteiger charge is 2.31. The molecule has 0 aliphatic carbocycles. The molecule has 76 valence electrons. The number of rotatable bonds is 3. The Hall–Kier alpha value is 0.740. The number of halogens is 3. The van der Waals surface area contributed by atoms with Crippen LogP contribution in [0.1, 0.15) is 19.8 Å². The van der Waals surface area contributed by atoms with Gasteiger partial charge in [0.25, 0.3) is 0 Å². The van der Waals surface area contributed by atoms with Crippen LogP contribution in [-0.2, 0) is 4.84 Å². The molecular weight excluding hydrogens is 368 g/mol. The summed E-state index contributed by atoms with van der Waals surface area (Å²) in [6.45, 7) is 3.02. The second kappa shape index (κ2) is 5.00. The van der Waals surface area contributed by atoms with Gasteiger partial charge in [-0.15, -0.1) is 0 Å². The molecule has 0 saturated carbocycles. The largest absolute Gasteiger partial charge is 0.386 e. The van der Waals surface area contributed by atoms with Gasteiger partial charge in [0.05, 0.1) is 12.7 Å². The summed E-state index contributed by atoms with van der Waals surface area (Å²) in [5.74, 6) is 0.753. The van der Waals surface area contributed by atoms with Crippen molar-refractivity contribution < 1.29 is 4.84 Å². The standard InChI is InChI=1S/C7H11Br3N2O/c1-2-3-4-12-11-5-6(13-12)7(8,9)10/h5,11H,2-4H2,1H3. The Bertz CT molecular complexity index is 202. The molecule has 1 heterocycles. The van der Waals surface area contributed by atoms with E-state index in [0.29, 0.717) is 0 Å². The lowest BCUT2D eigenvalue weighted by Crippen LogP contribution is -2.30. The summed E-state index contributed by atoms with van der Waals surface area (Å²) in [4.78, 5) is 5.47. The highest BCUT2D eigenvalue weighted by molar-refractivity contribution is 9.39. The molecule has 0 atom stereocenters. The lowest BCUT2D eigenvalue weighted by atomic mass is 10.3. The van der Waals surface area contributed by atoms with E-state index in [-0.39, 0.29) is 0 Å². The Morgan fingerprint density at radius 3 is 2.69 bits per heavy atom. The first-order valence-corrected chi connectivity index (χ1v) is 6.41. The fraction of sp³-hybridized carbons (Fsp3) is 0.714. The van der Waals surface area contributed by atoms with Gasteiger partial charge in [-0.05, 0) is 6.42 Å². The predicted octanol–water partition coefficient (Wildman–Crippen LogP) is 3.22. The van der Waals surface area contributed by atoms with Crippen molar-refractivity contribution in [3.63, 3.8) is 0 Å². The molecule has 0 amide bonds. The third-order valence-electron chi connectivity index (χ3n) is 1.54. The van der Waals surface area contributed by atoms with E-state index in [9.17, 15) is 0 Å². The topological polar surface area (TPSA) is 24.5 Å². The second-order valence-corrected chi connectivity index (χ2v) is 9.44. The van der Waals surface area contributed by atoms with Gasteiger partial charge in [-0.1, -0.05) is 66.3 Å². The third kappa shape index (κ3) is 3.77. The van der Waals surface area contributed by atoms with E-state index in [1.54, 1.807) is 11.4 Å². The number of nitrogens with one attached hydrogen (secondary N) is 1. The smallest absolute Gasteiger partial charge is 0.195 e. The minimum Gasteiger partial charge on any atom is -0.386 e. The number of nitrogens with zero attached hydrogens (tertiary/aromatic N) is 1. The summed E-state index contributed by atoms with van der Waals surface area (Å²) in [6.07, 6.45) is 4.06. The van der Waals surface area contributed by atoms with Crippen LogP contribution >= 0.6 is 47.8 Å². The molecule has 0 aromatic carbocycles. The summed E-state index contributed by atoms with van der Waals surface area (Å²) in [5.41, 5.74) is 3.01. The fourth-order valence-electron chi connectivity index (χ4n) is 0.848. The van der Waals surface area contributed by atoms with Crippen molar-refractivity contribution in [2.75, 3.05) is 6.54 Å². The van der Waals surface area contributed by atoms with Gasteiger partial charge >= 0.3 is 0 Å². The Morgan fingerprint density at radius 2 is 2.23 bits per heavy atom. The summed E-state index contributed by atoms with van der Waals surface area (Å²) >= 11 is 10.1. The van der Waals surface area contributed by atoms with Gasteiger partial charge in [0.15, 0.2) is 7.90 Å². The number of hydrazine groups is 1. The zero-order valence-corrected chi connectivity index (χ0v) is 11.9. The number of hydrogen-bond donors (Lipinski definition) is 1.